The normalized spacial score (nSPS) is 20.4. The Morgan fingerprint density at radius 1 is 1.23 bits per heavy atom. The van der Waals surface area contributed by atoms with E-state index >= 15 is 0 Å². The molecule has 1 aromatic carbocycles. The number of aromatic nitrogens is 2. The van der Waals surface area contributed by atoms with E-state index < -0.39 is 15.4 Å². The standard InChI is InChI=1S/C20H25FN4O4S2/c1-14-19(31(27,28)23-7-10-29-11-8-23)15(2)25(22-14)13-18(26)24-9-12-30-20(24)16-5-3-4-6-17(16)21/h3-6,20H,7-13H2,1-2H3/t20-/m0/s1. The van der Waals surface area contributed by atoms with Crippen molar-refractivity contribution in [3.63, 3.8) is 0 Å². The highest BCUT2D eigenvalue weighted by Gasteiger charge is 2.35. The van der Waals surface area contributed by atoms with Crippen LogP contribution in [0.2, 0.25) is 0 Å². The van der Waals surface area contributed by atoms with Crippen LogP contribution in [0.5, 0.6) is 0 Å². The Bertz CT molecular complexity index is 1080. The summed E-state index contributed by atoms with van der Waals surface area (Å²) >= 11 is 1.51. The van der Waals surface area contributed by atoms with Crippen molar-refractivity contribution in [3.8, 4) is 0 Å². The van der Waals surface area contributed by atoms with Crippen LogP contribution in [0.4, 0.5) is 4.39 Å². The lowest BCUT2D eigenvalue weighted by molar-refractivity contribution is -0.132. The maximum absolute atomic E-state index is 14.3. The van der Waals surface area contributed by atoms with Gasteiger partial charge in [0.15, 0.2) is 0 Å². The summed E-state index contributed by atoms with van der Waals surface area (Å²) in [5.41, 5.74) is 1.26. The zero-order valence-electron chi connectivity index (χ0n) is 17.5. The third kappa shape index (κ3) is 4.23. The lowest BCUT2D eigenvalue weighted by Gasteiger charge is -2.26. The molecule has 2 fully saturated rings. The number of aryl methyl sites for hydroxylation is 1. The van der Waals surface area contributed by atoms with E-state index in [4.69, 9.17) is 4.74 Å². The van der Waals surface area contributed by atoms with E-state index in [0.29, 0.717) is 55.6 Å². The second-order valence-corrected chi connectivity index (χ2v) is 10.6. The molecule has 168 valence electrons. The quantitative estimate of drug-likeness (QED) is 0.667. The van der Waals surface area contributed by atoms with Crippen LogP contribution >= 0.6 is 11.8 Å². The maximum atomic E-state index is 14.3. The van der Waals surface area contributed by atoms with Gasteiger partial charge in [0.25, 0.3) is 0 Å². The molecule has 0 saturated carbocycles. The average Bonchev–Trinajstić information content (AvgIpc) is 3.34. The Labute approximate surface area is 185 Å². The number of rotatable bonds is 5. The number of carbonyl (C=O) groups is 1. The van der Waals surface area contributed by atoms with Gasteiger partial charge >= 0.3 is 0 Å². The minimum Gasteiger partial charge on any atom is -0.379 e. The van der Waals surface area contributed by atoms with Crippen LogP contribution in [0.1, 0.15) is 22.3 Å². The molecule has 0 N–H and O–H groups in total. The first-order chi connectivity index (χ1) is 14.8. The molecule has 3 heterocycles. The molecule has 31 heavy (non-hydrogen) atoms. The first kappa shape index (κ1) is 22.3. The zero-order valence-corrected chi connectivity index (χ0v) is 19.1. The predicted octanol–water partition coefficient (Wildman–Crippen LogP) is 1.93. The van der Waals surface area contributed by atoms with Crippen molar-refractivity contribution in [1.29, 1.82) is 0 Å². The fourth-order valence-electron chi connectivity index (χ4n) is 4.00. The molecular weight excluding hydrogens is 443 g/mol. The first-order valence-electron chi connectivity index (χ1n) is 10.1. The lowest BCUT2D eigenvalue weighted by atomic mass is 10.2. The number of carbonyl (C=O) groups excluding carboxylic acids is 1. The predicted molar refractivity (Wildman–Crippen MR) is 115 cm³/mol. The molecule has 4 rings (SSSR count). The van der Waals surface area contributed by atoms with Crippen molar-refractivity contribution >= 4 is 27.7 Å². The number of ether oxygens (including phenoxy) is 1. The zero-order chi connectivity index (χ0) is 22.2. The van der Waals surface area contributed by atoms with Crippen molar-refractivity contribution in [2.75, 3.05) is 38.6 Å². The number of hydrogen-bond acceptors (Lipinski definition) is 6. The SMILES string of the molecule is Cc1nn(CC(=O)N2CCS[C@H]2c2ccccc2F)c(C)c1S(=O)(=O)N1CCOCC1. The van der Waals surface area contributed by atoms with Crippen molar-refractivity contribution in [2.24, 2.45) is 0 Å². The number of thioether (sulfide) groups is 1. The van der Waals surface area contributed by atoms with Crippen molar-refractivity contribution < 1.29 is 22.3 Å². The van der Waals surface area contributed by atoms with Gasteiger partial charge in [0.2, 0.25) is 15.9 Å². The summed E-state index contributed by atoms with van der Waals surface area (Å²) in [7, 11) is -3.73. The molecular formula is C20H25FN4O4S2. The van der Waals surface area contributed by atoms with E-state index in [9.17, 15) is 17.6 Å². The number of hydrogen-bond donors (Lipinski definition) is 0. The fourth-order valence-corrected chi connectivity index (χ4v) is 7.08. The molecule has 0 unspecified atom stereocenters. The number of amides is 1. The molecule has 1 aromatic heterocycles. The summed E-state index contributed by atoms with van der Waals surface area (Å²) in [5, 5.41) is 3.95. The molecule has 0 radical (unpaired) electrons. The molecule has 2 aromatic rings. The maximum Gasteiger partial charge on any atom is 0.246 e. The van der Waals surface area contributed by atoms with Crippen LogP contribution in [-0.2, 0) is 26.1 Å². The third-order valence-corrected chi connectivity index (χ3v) is 8.94. The monoisotopic (exact) mass is 468 g/mol. The van der Waals surface area contributed by atoms with E-state index in [0.717, 1.165) is 0 Å². The van der Waals surface area contributed by atoms with Crippen LogP contribution in [0.15, 0.2) is 29.2 Å². The lowest BCUT2D eigenvalue weighted by Crippen LogP contribution is -2.41. The van der Waals surface area contributed by atoms with E-state index in [1.54, 1.807) is 36.9 Å². The molecule has 8 nitrogen and oxygen atoms in total. The number of halogens is 1. The minimum absolute atomic E-state index is 0.100. The molecule has 0 spiro atoms. The summed E-state index contributed by atoms with van der Waals surface area (Å²) in [6.45, 7) is 4.99. The first-order valence-corrected chi connectivity index (χ1v) is 12.6. The van der Waals surface area contributed by atoms with Crippen LogP contribution in [0.25, 0.3) is 0 Å². The van der Waals surface area contributed by atoms with Gasteiger partial charge in [-0.15, -0.1) is 11.8 Å². The van der Waals surface area contributed by atoms with Crippen molar-refractivity contribution in [1.82, 2.24) is 19.0 Å². The molecule has 11 heteroatoms. The summed E-state index contributed by atoms with van der Waals surface area (Å²) in [6.07, 6.45) is 0. The highest BCUT2D eigenvalue weighted by Crippen LogP contribution is 2.39. The van der Waals surface area contributed by atoms with Crippen LogP contribution in [-0.4, -0.2) is 71.9 Å². The van der Waals surface area contributed by atoms with Gasteiger partial charge in [0.05, 0.1) is 24.6 Å². The molecule has 0 bridgehead atoms. The van der Waals surface area contributed by atoms with E-state index in [1.165, 1.54) is 26.8 Å². The smallest absolute Gasteiger partial charge is 0.246 e. The minimum atomic E-state index is -3.73. The number of benzene rings is 1. The van der Waals surface area contributed by atoms with Gasteiger partial charge in [-0.2, -0.15) is 9.40 Å². The van der Waals surface area contributed by atoms with E-state index in [1.807, 2.05) is 0 Å². The Kier molecular flexibility index (Phi) is 6.38. The average molecular weight is 469 g/mol. The summed E-state index contributed by atoms with van der Waals surface area (Å²) in [4.78, 5) is 14.9. The van der Waals surface area contributed by atoms with Crippen LogP contribution < -0.4 is 0 Å². The topological polar surface area (TPSA) is 84.7 Å². The second-order valence-electron chi connectivity index (χ2n) is 7.51. The van der Waals surface area contributed by atoms with Gasteiger partial charge in [-0.05, 0) is 19.9 Å². The van der Waals surface area contributed by atoms with Gasteiger partial charge in [-0.25, -0.2) is 12.8 Å². The van der Waals surface area contributed by atoms with Gasteiger partial charge in [0, 0.05) is 31.0 Å². The Hall–Kier alpha value is -1.95. The van der Waals surface area contributed by atoms with Crippen molar-refractivity contribution in [3.05, 3.63) is 47.0 Å². The summed E-state index contributed by atoms with van der Waals surface area (Å²) < 4.78 is 48.6. The van der Waals surface area contributed by atoms with Gasteiger partial charge in [-0.1, -0.05) is 18.2 Å². The Morgan fingerprint density at radius 3 is 2.65 bits per heavy atom. The number of nitrogens with zero attached hydrogens (tertiary/aromatic N) is 4. The second kappa shape index (κ2) is 8.89. The highest BCUT2D eigenvalue weighted by atomic mass is 32.2. The summed E-state index contributed by atoms with van der Waals surface area (Å²) in [5.74, 6) is 0.141. The molecule has 1 amide bonds. The molecule has 0 aliphatic carbocycles. The van der Waals surface area contributed by atoms with Gasteiger partial charge in [0.1, 0.15) is 22.6 Å². The van der Waals surface area contributed by atoms with Gasteiger partial charge < -0.3 is 9.64 Å². The fraction of sp³-hybridized carbons (Fsp3) is 0.500. The van der Waals surface area contributed by atoms with Crippen LogP contribution in [0, 0.1) is 19.7 Å². The molecule has 2 aliphatic rings. The summed E-state index contributed by atoms with van der Waals surface area (Å²) in [6, 6.07) is 6.45. The van der Waals surface area contributed by atoms with E-state index in [-0.39, 0.29) is 23.2 Å². The molecule has 1 atom stereocenters. The molecule has 2 aliphatic heterocycles. The molecule has 2 saturated heterocycles. The third-order valence-electron chi connectivity index (χ3n) is 5.55. The Balaban J connectivity index is 1.57. The highest BCUT2D eigenvalue weighted by molar-refractivity contribution is 7.99. The van der Waals surface area contributed by atoms with Gasteiger partial charge in [-0.3, -0.25) is 9.48 Å². The largest absolute Gasteiger partial charge is 0.379 e. The number of morpholine rings is 1. The van der Waals surface area contributed by atoms with Crippen molar-refractivity contribution in [2.45, 2.75) is 30.7 Å². The Morgan fingerprint density at radius 2 is 1.94 bits per heavy atom. The van der Waals surface area contributed by atoms with E-state index in [2.05, 4.69) is 5.10 Å². The number of sulfonamides is 1. The van der Waals surface area contributed by atoms with Crippen LogP contribution in [0.3, 0.4) is 0 Å².